The maximum atomic E-state index is 12.4. The Hall–Kier alpha value is -3.19. The van der Waals surface area contributed by atoms with Crippen molar-refractivity contribution in [2.24, 2.45) is 0 Å². The molecule has 0 radical (unpaired) electrons. The van der Waals surface area contributed by atoms with Gasteiger partial charge in [-0.2, -0.15) is 0 Å². The van der Waals surface area contributed by atoms with Crippen molar-refractivity contribution in [2.45, 2.75) is 33.2 Å². The van der Waals surface area contributed by atoms with E-state index >= 15 is 0 Å². The topological polar surface area (TPSA) is 70.7 Å². The Morgan fingerprint density at radius 2 is 1.81 bits per heavy atom. The predicted octanol–water partition coefficient (Wildman–Crippen LogP) is 4.21. The van der Waals surface area contributed by atoms with Gasteiger partial charge in [0.2, 0.25) is 0 Å². The molecule has 1 amide bonds. The van der Waals surface area contributed by atoms with Crippen LogP contribution in [0.25, 0.3) is 0 Å². The van der Waals surface area contributed by atoms with Gasteiger partial charge in [-0.15, -0.1) is 0 Å². The molecule has 2 aromatic carbocycles. The Morgan fingerprint density at radius 1 is 1.13 bits per heavy atom. The van der Waals surface area contributed by atoms with E-state index in [0.29, 0.717) is 16.4 Å². The molecule has 2 N–H and O–H groups in total. The Morgan fingerprint density at radius 3 is 2.42 bits per heavy atom. The third-order valence-electron chi connectivity index (χ3n) is 5.06. The molecule has 31 heavy (non-hydrogen) atoms. The molecular formula is C24H27N3O3S. The molecule has 0 fully saturated rings. The first kappa shape index (κ1) is 22.5. The summed E-state index contributed by atoms with van der Waals surface area (Å²) in [5, 5.41) is 6.70. The molecule has 6 nitrogen and oxygen atoms in total. The molecule has 1 atom stereocenters. The molecule has 0 saturated carbocycles. The Kier molecular flexibility index (Phi) is 7.41. The molecule has 0 spiro atoms. The van der Waals surface area contributed by atoms with Crippen molar-refractivity contribution in [2.75, 3.05) is 18.5 Å². The van der Waals surface area contributed by atoms with Gasteiger partial charge < -0.3 is 20.3 Å². The molecule has 1 aliphatic rings. The van der Waals surface area contributed by atoms with Crippen molar-refractivity contribution in [3.8, 4) is 5.75 Å². The van der Waals surface area contributed by atoms with Crippen LogP contribution in [-0.4, -0.2) is 34.9 Å². The molecule has 3 rings (SSSR count). The number of carbonyl (C=O) groups is 2. The molecule has 0 aliphatic carbocycles. The number of nitrogens with one attached hydrogen (secondary N) is 2. The Labute approximate surface area is 188 Å². The first-order chi connectivity index (χ1) is 14.9. The number of para-hydroxylation sites is 1. The van der Waals surface area contributed by atoms with Crippen molar-refractivity contribution < 1.29 is 14.3 Å². The maximum Gasteiger partial charge on any atom is 0.262 e. The number of Topliss-reactive ketones (excluding diaryl/α,β-unsaturated/α-hetero) is 1. The second-order valence-corrected chi connectivity index (χ2v) is 7.75. The zero-order valence-corrected chi connectivity index (χ0v) is 18.8. The monoisotopic (exact) mass is 437 g/mol. The number of carbonyl (C=O) groups excluding carboxylic acids is 2. The molecule has 162 valence electrons. The number of amides is 1. The third kappa shape index (κ3) is 5.49. The van der Waals surface area contributed by atoms with E-state index in [1.165, 1.54) is 0 Å². The van der Waals surface area contributed by atoms with Gasteiger partial charge in [0.05, 0.1) is 6.04 Å². The summed E-state index contributed by atoms with van der Waals surface area (Å²) in [5.41, 5.74) is 3.23. The number of benzene rings is 2. The van der Waals surface area contributed by atoms with Crippen molar-refractivity contribution in [3.05, 3.63) is 71.4 Å². The fourth-order valence-corrected chi connectivity index (χ4v) is 3.95. The van der Waals surface area contributed by atoms with Crippen LogP contribution in [0.5, 0.6) is 5.75 Å². The lowest BCUT2D eigenvalue weighted by Crippen LogP contribution is -2.47. The van der Waals surface area contributed by atoms with Gasteiger partial charge in [-0.05, 0) is 62.3 Å². The van der Waals surface area contributed by atoms with E-state index in [9.17, 15) is 9.59 Å². The van der Waals surface area contributed by atoms with Crippen LogP contribution in [0.2, 0.25) is 0 Å². The molecule has 1 heterocycles. The average molecular weight is 438 g/mol. The van der Waals surface area contributed by atoms with Gasteiger partial charge in [0.25, 0.3) is 5.91 Å². The normalized spacial score (nSPS) is 16.0. The van der Waals surface area contributed by atoms with E-state index in [-0.39, 0.29) is 24.3 Å². The van der Waals surface area contributed by atoms with Crippen molar-refractivity contribution in [1.29, 1.82) is 0 Å². The van der Waals surface area contributed by atoms with Crippen LogP contribution in [0.3, 0.4) is 0 Å². The van der Waals surface area contributed by atoms with Crippen molar-refractivity contribution in [3.63, 3.8) is 0 Å². The van der Waals surface area contributed by atoms with E-state index in [4.69, 9.17) is 17.0 Å². The molecule has 0 aromatic heterocycles. The second kappa shape index (κ2) is 10.2. The lowest BCUT2D eigenvalue weighted by atomic mass is 9.92. The zero-order valence-electron chi connectivity index (χ0n) is 18.0. The van der Waals surface area contributed by atoms with Crippen LogP contribution in [0.1, 0.15) is 38.8 Å². The lowest BCUT2D eigenvalue weighted by molar-refractivity contribution is -0.118. The van der Waals surface area contributed by atoms with Crippen LogP contribution in [0.15, 0.2) is 65.9 Å². The average Bonchev–Trinajstić information content (AvgIpc) is 2.75. The van der Waals surface area contributed by atoms with Gasteiger partial charge in [0, 0.05) is 23.5 Å². The minimum Gasteiger partial charge on any atom is -0.484 e. The zero-order chi connectivity index (χ0) is 22.4. The highest BCUT2D eigenvalue weighted by Crippen LogP contribution is 2.32. The summed E-state index contributed by atoms with van der Waals surface area (Å²) in [6.07, 6.45) is 0.929. The van der Waals surface area contributed by atoms with Gasteiger partial charge in [-0.3, -0.25) is 9.59 Å². The van der Waals surface area contributed by atoms with Crippen molar-refractivity contribution >= 4 is 34.7 Å². The molecular weight excluding hydrogens is 410 g/mol. The Balaban J connectivity index is 1.69. The van der Waals surface area contributed by atoms with E-state index in [0.717, 1.165) is 29.9 Å². The second-order valence-electron chi connectivity index (χ2n) is 7.36. The highest BCUT2D eigenvalue weighted by Gasteiger charge is 2.31. The molecule has 7 heteroatoms. The van der Waals surface area contributed by atoms with Crippen molar-refractivity contribution in [1.82, 2.24) is 10.2 Å². The molecule has 1 aliphatic heterocycles. The first-order valence-electron chi connectivity index (χ1n) is 10.3. The van der Waals surface area contributed by atoms with Crippen LogP contribution in [-0.2, 0) is 9.59 Å². The van der Waals surface area contributed by atoms with E-state index in [1.54, 1.807) is 19.1 Å². The van der Waals surface area contributed by atoms with Gasteiger partial charge in [0.1, 0.15) is 5.75 Å². The van der Waals surface area contributed by atoms with Gasteiger partial charge in [-0.25, -0.2) is 0 Å². The van der Waals surface area contributed by atoms with E-state index in [1.807, 2.05) is 54.3 Å². The molecule has 1 unspecified atom stereocenters. The standard InChI is InChI=1S/C24H27N3O3S/c1-4-14-27-16(2)22(17(3)28)23(26-24(27)31)18-10-12-20(13-11-18)30-15-21(29)25-19-8-6-5-7-9-19/h5-13,23H,4,14-15H2,1-3H3,(H,25,29)(H,26,31). The number of nitrogens with zero attached hydrogens (tertiary/aromatic N) is 1. The number of anilines is 1. The fourth-order valence-electron chi connectivity index (χ4n) is 3.60. The van der Waals surface area contributed by atoms with Gasteiger partial charge >= 0.3 is 0 Å². The van der Waals surface area contributed by atoms with Crippen LogP contribution in [0.4, 0.5) is 5.69 Å². The molecule has 2 aromatic rings. The summed E-state index contributed by atoms with van der Waals surface area (Å²) >= 11 is 5.54. The lowest BCUT2D eigenvalue weighted by Gasteiger charge is -2.37. The summed E-state index contributed by atoms with van der Waals surface area (Å²) in [6.45, 7) is 6.27. The smallest absolute Gasteiger partial charge is 0.262 e. The van der Waals surface area contributed by atoms with E-state index < -0.39 is 0 Å². The van der Waals surface area contributed by atoms with E-state index in [2.05, 4.69) is 17.6 Å². The largest absolute Gasteiger partial charge is 0.484 e. The molecule has 0 bridgehead atoms. The van der Waals surface area contributed by atoms with Crippen LogP contribution in [0, 0.1) is 0 Å². The first-order valence-corrected chi connectivity index (χ1v) is 10.7. The number of ether oxygens (including phenoxy) is 1. The number of hydrogen-bond acceptors (Lipinski definition) is 4. The predicted molar refractivity (Wildman–Crippen MR) is 126 cm³/mol. The highest BCUT2D eigenvalue weighted by atomic mass is 32.1. The fraction of sp³-hybridized carbons (Fsp3) is 0.292. The van der Waals surface area contributed by atoms with Gasteiger partial charge in [0.15, 0.2) is 17.5 Å². The summed E-state index contributed by atoms with van der Waals surface area (Å²) < 4.78 is 5.60. The SMILES string of the molecule is CCCN1C(=S)NC(c2ccc(OCC(=O)Nc3ccccc3)cc2)C(C(C)=O)=C1C. The summed E-state index contributed by atoms with van der Waals surface area (Å²) in [4.78, 5) is 26.5. The maximum absolute atomic E-state index is 12.4. The van der Waals surface area contributed by atoms with Crippen LogP contribution < -0.4 is 15.4 Å². The third-order valence-corrected chi connectivity index (χ3v) is 5.40. The van der Waals surface area contributed by atoms with Crippen LogP contribution >= 0.6 is 12.2 Å². The summed E-state index contributed by atoms with van der Waals surface area (Å²) in [6, 6.07) is 16.3. The highest BCUT2D eigenvalue weighted by molar-refractivity contribution is 7.80. The number of rotatable bonds is 8. The minimum absolute atomic E-state index is 0.0107. The number of hydrogen-bond donors (Lipinski definition) is 2. The number of thiocarbonyl (C=S) groups is 1. The number of ketones is 1. The summed E-state index contributed by atoms with van der Waals surface area (Å²) in [5.74, 6) is 0.350. The summed E-state index contributed by atoms with van der Waals surface area (Å²) in [7, 11) is 0. The Bertz CT molecular complexity index is 987. The van der Waals surface area contributed by atoms with Gasteiger partial charge in [-0.1, -0.05) is 37.3 Å². The minimum atomic E-state index is -0.312. The molecule has 0 saturated heterocycles. The quantitative estimate of drug-likeness (QED) is 0.603. The number of allylic oxidation sites excluding steroid dienone is 1.